The zero-order valence-corrected chi connectivity index (χ0v) is 28.5. The molecule has 7 nitrogen and oxygen atoms in total. The van der Waals surface area contributed by atoms with Crippen LogP contribution in [0.2, 0.25) is 0 Å². The van der Waals surface area contributed by atoms with E-state index in [9.17, 15) is 14.7 Å². The highest BCUT2D eigenvalue weighted by Gasteiger charge is 2.77. The van der Waals surface area contributed by atoms with Crippen LogP contribution in [0.3, 0.4) is 0 Å². The Bertz CT molecular complexity index is 1220. The smallest absolute Gasteiger partial charge is 0.310 e. The van der Waals surface area contributed by atoms with Gasteiger partial charge in [-0.2, -0.15) is 0 Å². The fourth-order valence-corrected chi connectivity index (χ4v) is 11.4. The summed E-state index contributed by atoms with van der Waals surface area (Å²) in [4.78, 5) is 46.7. The molecule has 2 bridgehead atoms. The number of halogens is 1. The van der Waals surface area contributed by atoms with Gasteiger partial charge in [-0.15, -0.1) is 24.9 Å². The summed E-state index contributed by atoms with van der Waals surface area (Å²) >= 11 is 5.41. The van der Waals surface area contributed by atoms with Crippen LogP contribution in [-0.4, -0.2) is 84.9 Å². The molecule has 43 heavy (non-hydrogen) atoms. The molecule has 0 radical (unpaired) electrons. The number of esters is 1. The number of rotatable bonds is 13. The molecule has 3 unspecified atom stereocenters. The SMILES string of the molecule is C=CCCOC(=O)[C@H]1[C@H]2C(=O)N([C@@H](CO)Cc3ccccc3)C(C(=O)N(CC=C)C(C)(C)CC(C)(C)C)C23CC(Br)[C@@H]1S3. The summed E-state index contributed by atoms with van der Waals surface area (Å²) in [6, 6.07) is 8.21. The molecule has 2 amide bonds. The maximum Gasteiger partial charge on any atom is 0.310 e. The normalized spacial score (nSPS) is 28.9. The number of hydrogen-bond acceptors (Lipinski definition) is 6. The first-order chi connectivity index (χ1) is 20.2. The van der Waals surface area contributed by atoms with Crippen molar-refractivity contribution in [2.75, 3.05) is 19.8 Å². The second-order valence-corrected chi connectivity index (χ2v) is 16.7. The highest BCUT2D eigenvalue weighted by atomic mass is 79.9. The zero-order chi connectivity index (χ0) is 31.7. The molecule has 3 aliphatic heterocycles. The molecule has 9 heteroatoms. The molecule has 1 aromatic carbocycles. The van der Waals surface area contributed by atoms with Crippen molar-refractivity contribution in [2.24, 2.45) is 17.3 Å². The van der Waals surface area contributed by atoms with Crippen LogP contribution in [0.1, 0.15) is 59.4 Å². The highest BCUT2D eigenvalue weighted by molar-refractivity contribution is 9.09. The molecule has 3 heterocycles. The van der Waals surface area contributed by atoms with Gasteiger partial charge in [0.1, 0.15) is 6.04 Å². The number of carbonyl (C=O) groups excluding carboxylic acids is 3. The van der Waals surface area contributed by atoms with Gasteiger partial charge in [0.2, 0.25) is 11.8 Å². The maximum absolute atomic E-state index is 15.1. The topological polar surface area (TPSA) is 87.1 Å². The summed E-state index contributed by atoms with van der Waals surface area (Å²) in [5, 5.41) is 10.6. The van der Waals surface area contributed by atoms with Gasteiger partial charge in [-0.3, -0.25) is 14.4 Å². The fourth-order valence-electron chi connectivity index (χ4n) is 7.79. The quantitative estimate of drug-likeness (QED) is 0.130. The van der Waals surface area contributed by atoms with Crippen molar-refractivity contribution >= 4 is 45.5 Å². The number of aliphatic hydroxyl groups is 1. The largest absolute Gasteiger partial charge is 0.465 e. The highest BCUT2D eigenvalue weighted by Crippen LogP contribution is 2.68. The van der Waals surface area contributed by atoms with Crippen LogP contribution in [0.4, 0.5) is 0 Å². The Morgan fingerprint density at radius 1 is 1.21 bits per heavy atom. The third kappa shape index (κ3) is 6.50. The maximum atomic E-state index is 15.1. The molecule has 0 saturated carbocycles. The van der Waals surface area contributed by atoms with Gasteiger partial charge in [0, 0.05) is 22.2 Å². The fraction of sp³-hybridized carbons (Fsp3) is 0.618. The first kappa shape index (κ1) is 33.8. The first-order valence-electron chi connectivity index (χ1n) is 15.2. The molecule has 0 aliphatic carbocycles. The molecular weight excluding hydrogens is 628 g/mol. The monoisotopic (exact) mass is 674 g/mol. The van der Waals surface area contributed by atoms with Crippen molar-refractivity contribution in [3.8, 4) is 0 Å². The van der Waals surface area contributed by atoms with Crippen LogP contribution in [0.15, 0.2) is 55.6 Å². The van der Waals surface area contributed by atoms with Crippen molar-refractivity contribution in [2.45, 2.75) is 92.7 Å². The average molecular weight is 676 g/mol. The van der Waals surface area contributed by atoms with Gasteiger partial charge in [0.15, 0.2) is 0 Å². The number of thioether (sulfide) groups is 1. The Balaban J connectivity index is 1.83. The minimum Gasteiger partial charge on any atom is -0.465 e. The second kappa shape index (κ2) is 13.1. The summed E-state index contributed by atoms with van der Waals surface area (Å²) in [6.07, 6.45) is 5.64. The predicted octanol–water partition coefficient (Wildman–Crippen LogP) is 5.40. The van der Waals surface area contributed by atoms with E-state index < -0.39 is 40.2 Å². The number of amides is 2. The summed E-state index contributed by atoms with van der Waals surface area (Å²) < 4.78 is 4.82. The van der Waals surface area contributed by atoms with E-state index in [1.807, 2.05) is 35.2 Å². The standard InChI is InChI=1S/C34H47BrN2O5S/c1-8-10-17-42-31(41)25-26-29(39)37(23(20-38)18-22-14-12-11-13-15-22)28(34(26)19-24(35)27(25)43-34)30(40)36(16-9-2)33(6,7)21-32(3,4)5/h8-9,11-15,23-28,38H,1-2,10,16-21H2,3-7H3/t23-,24?,25+,26+,27+,28?,34?/m1/s1. The Labute approximate surface area is 269 Å². The average Bonchev–Trinajstić information content (AvgIpc) is 3.52. The number of alkyl halides is 1. The number of fused-ring (bicyclic) bond motifs is 1. The van der Waals surface area contributed by atoms with E-state index in [2.05, 4.69) is 63.7 Å². The molecule has 1 aromatic rings. The lowest BCUT2D eigenvalue weighted by Crippen LogP contribution is -2.62. The molecule has 7 atom stereocenters. The molecule has 3 aliphatic rings. The van der Waals surface area contributed by atoms with Gasteiger partial charge < -0.3 is 19.6 Å². The predicted molar refractivity (Wildman–Crippen MR) is 176 cm³/mol. The van der Waals surface area contributed by atoms with Gasteiger partial charge in [-0.25, -0.2) is 0 Å². The van der Waals surface area contributed by atoms with Crippen molar-refractivity contribution in [3.05, 3.63) is 61.2 Å². The van der Waals surface area contributed by atoms with Gasteiger partial charge in [-0.05, 0) is 50.5 Å². The van der Waals surface area contributed by atoms with Gasteiger partial charge in [0.25, 0.3) is 0 Å². The van der Waals surface area contributed by atoms with Crippen LogP contribution < -0.4 is 0 Å². The minimum atomic E-state index is -0.855. The number of likely N-dealkylation sites (tertiary alicyclic amines) is 1. The van der Waals surface area contributed by atoms with Crippen molar-refractivity contribution < 1.29 is 24.2 Å². The van der Waals surface area contributed by atoms with E-state index in [-0.39, 0.29) is 40.5 Å². The van der Waals surface area contributed by atoms with E-state index in [1.165, 1.54) is 0 Å². The summed E-state index contributed by atoms with van der Waals surface area (Å²) in [6.45, 7) is 18.5. The van der Waals surface area contributed by atoms with Crippen LogP contribution in [0.25, 0.3) is 0 Å². The number of carbonyl (C=O) groups is 3. The van der Waals surface area contributed by atoms with E-state index in [1.54, 1.807) is 28.8 Å². The Morgan fingerprint density at radius 3 is 2.47 bits per heavy atom. The van der Waals surface area contributed by atoms with Crippen molar-refractivity contribution in [1.29, 1.82) is 0 Å². The van der Waals surface area contributed by atoms with Crippen molar-refractivity contribution in [3.63, 3.8) is 0 Å². The first-order valence-corrected chi connectivity index (χ1v) is 17.0. The molecule has 0 aromatic heterocycles. The third-order valence-corrected chi connectivity index (χ3v) is 12.2. The van der Waals surface area contributed by atoms with Crippen molar-refractivity contribution in [1.82, 2.24) is 9.80 Å². The summed E-state index contributed by atoms with van der Waals surface area (Å²) in [5.74, 6) is -2.23. The Kier molecular flexibility index (Phi) is 10.3. The molecule has 1 N–H and O–H groups in total. The zero-order valence-electron chi connectivity index (χ0n) is 26.1. The second-order valence-electron chi connectivity index (χ2n) is 14.0. The summed E-state index contributed by atoms with van der Waals surface area (Å²) in [5.41, 5.74) is 0.360. The molecule has 3 fully saturated rings. The third-order valence-electron chi connectivity index (χ3n) is 8.99. The molecule has 236 valence electrons. The number of hydrogen-bond donors (Lipinski definition) is 1. The van der Waals surface area contributed by atoms with E-state index in [0.717, 1.165) is 12.0 Å². The minimum absolute atomic E-state index is 0.0576. The lowest BCUT2D eigenvalue weighted by Gasteiger charge is -2.46. The number of benzene rings is 1. The van der Waals surface area contributed by atoms with Crippen LogP contribution in [0.5, 0.6) is 0 Å². The van der Waals surface area contributed by atoms with Gasteiger partial charge in [0.05, 0.1) is 35.8 Å². The lowest BCUT2D eigenvalue weighted by atomic mass is 9.70. The molecular formula is C34H47BrN2O5S. The number of nitrogens with zero attached hydrogens (tertiary/aromatic N) is 2. The van der Waals surface area contributed by atoms with Gasteiger partial charge >= 0.3 is 5.97 Å². The molecule has 3 saturated heterocycles. The van der Waals surface area contributed by atoms with Crippen LogP contribution in [-0.2, 0) is 25.5 Å². The summed E-state index contributed by atoms with van der Waals surface area (Å²) in [7, 11) is 0. The van der Waals surface area contributed by atoms with Crippen LogP contribution >= 0.6 is 27.7 Å². The van der Waals surface area contributed by atoms with E-state index in [4.69, 9.17) is 4.74 Å². The Hall–Kier alpha value is -2.10. The number of aliphatic hydroxyl groups excluding tert-OH is 1. The van der Waals surface area contributed by atoms with E-state index in [0.29, 0.717) is 25.8 Å². The molecule has 4 rings (SSSR count). The van der Waals surface area contributed by atoms with Gasteiger partial charge in [-0.1, -0.05) is 79.2 Å². The van der Waals surface area contributed by atoms with Crippen LogP contribution in [0, 0.1) is 17.3 Å². The Morgan fingerprint density at radius 2 is 1.88 bits per heavy atom. The lowest BCUT2D eigenvalue weighted by molar-refractivity contribution is -0.154. The molecule has 1 spiro atoms. The van der Waals surface area contributed by atoms with E-state index >= 15 is 4.79 Å². The number of ether oxygens (including phenoxy) is 1.